The van der Waals surface area contributed by atoms with Gasteiger partial charge in [-0.15, -0.1) is 0 Å². The maximum atomic E-state index is 10.6. The molecule has 0 aliphatic rings. The zero-order chi connectivity index (χ0) is 10.7. The first-order valence-corrected chi connectivity index (χ1v) is 4.79. The molecule has 3 heteroatoms. The third-order valence-electron chi connectivity index (χ3n) is 2.30. The van der Waals surface area contributed by atoms with Crippen LogP contribution >= 0.6 is 0 Å². The van der Waals surface area contributed by atoms with Gasteiger partial charge in [-0.05, 0) is 24.1 Å². The van der Waals surface area contributed by atoms with Crippen molar-refractivity contribution >= 4 is 17.2 Å². The maximum Gasteiger partial charge on any atom is 0.168 e. The molecule has 0 atom stereocenters. The van der Waals surface area contributed by atoms with Gasteiger partial charge in [0.15, 0.2) is 6.29 Å². The third-order valence-corrected chi connectivity index (χ3v) is 2.30. The van der Waals surface area contributed by atoms with Crippen LogP contribution in [0.25, 0.3) is 10.9 Å². The predicted molar refractivity (Wildman–Crippen MR) is 57.9 cm³/mol. The van der Waals surface area contributed by atoms with Crippen LogP contribution in [-0.2, 0) is 6.42 Å². The highest BCUT2D eigenvalue weighted by Gasteiger charge is 1.99. The highest BCUT2D eigenvalue weighted by atomic mass is 16.2. The third kappa shape index (κ3) is 2.02. The predicted octanol–water partition coefficient (Wildman–Crippen LogP) is 1.58. The number of hydrogen-bond donors (Lipinski definition) is 1. The number of aliphatic hydroxyl groups is 1. The van der Waals surface area contributed by atoms with E-state index in [1.165, 1.54) is 0 Å². The van der Waals surface area contributed by atoms with Crippen molar-refractivity contribution in [2.24, 2.45) is 0 Å². The molecule has 0 saturated carbocycles. The first kappa shape index (κ1) is 9.80. The zero-order valence-corrected chi connectivity index (χ0v) is 8.18. The SMILES string of the molecule is O=Cc1ccc2ccc(CCO)cc2n1. The zero-order valence-electron chi connectivity index (χ0n) is 8.18. The standard InChI is InChI=1S/C12H11NO2/c14-6-5-9-1-2-10-3-4-11(8-15)13-12(10)7-9/h1-4,7-8,14H,5-6H2. The normalized spacial score (nSPS) is 10.5. The minimum absolute atomic E-state index is 0.124. The van der Waals surface area contributed by atoms with Crippen LogP contribution in [0.4, 0.5) is 0 Å². The molecule has 1 heterocycles. The number of aldehydes is 1. The first-order valence-electron chi connectivity index (χ1n) is 4.79. The second kappa shape index (κ2) is 4.19. The second-order valence-corrected chi connectivity index (χ2v) is 3.35. The van der Waals surface area contributed by atoms with Crippen molar-refractivity contribution in [1.29, 1.82) is 0 Å². The average molecular weight is 201 g/mol. The topological polar surface area (TPSA) is 50.2 Å². The lowest BCUT2D eigenvalue weighted by Crippen LogP contribution is -1.92. The minimum atomic E-state index is 0.124. The van der Waals surface area contributed by atoms with Gasteiger partial charge in [0, 0.05) is 12.0 Å². The quantitative estimate of drug-likeness (QED) is 0.767. The molecule has 0 aliphatic carbocycles. The summed E-state index contributed by atoms with van der Waals surface area (Å²) in [5, 5.41) is 9.82. The highest BCUT2D eigenvalue weighted by Crippen LogP contribution is 2.14. The lowest BCUT2D eigenvalue weighted by atomic mass is 10.1. The molecule has 76 valence electrons. The van der Waals surface area contributed by atoms with E-state index in [1.54, 1.807) is 6.07 Å². The van der Waals surface area contributed by atoms with E-state index in [0.29, 0.717) is 12.1 Å². The van der Waals surface area contributed by atoms with Gasteiger partial charge in [0.05, 0.1) is 5.52 Å². The Bertz CT molecular complexity index is 494. The van der Waals surface area contributed by atoms with Gasteiger partial charge in [-0.1, -0.05) is 18.2 Å². The van der Waals surface area contributed by atoms with Crippen molar-refractivity contribution in [3.05, 3.63) is 41.6 Å². The number of aromatic nitrogens is 1. The van der Waals surface area contributed by atoms with Crippen molar-refractivity contribution in [1.82, 2.24) is 4.98 Å². The van der Waals surface area contributed by atoms with Crippen LogP contribution in [0.15, 0.2) is 30.3 Å². The number of fused-ring (bicyclic) bond motifs is 1. The largest absolute Gasteiger partial charge is 0.396 e. The monoisotopic (exact) mass is 201 g/mol. The summed E-state index contributed by atoms with van der Waals surface area (Å²) in [7, 11) is 0. The summed E-state index contributed by atoms with van der Waals surface area (Å²) in [6.45, 7) is 0.124. The van der Waals surface area contributed by atoms with E-state index in [9.17, 15) is 4.79 Å². The van der Waals surface area contributed by atoms with E-state index in [1.807, 2.05) is 24.3 Å². The molecule has 0 aliphatic heterocycles. The molecule has 0 amide bonds. The van der Waals surface area contributed by atoms with Gasteiger partial charge in [0.2, 0.25) is 0 Å². The fourth-order valence-corrected chi connectivity index (χ4v) is 1.53. The van der Waals surface area contributed by atoms with E-state index in [0.717, 1.165) is 22.8 Å². The van der Waals surface area contributed by atoms with Gasteiger partial charge in [-0.2, -0.15) is 0 Å². The van der Waals surface area contributed by atoms with E-state index in [2.05, 4.69) is 4.98 Å². The van der Waals surface area contributed by atoms with Gasteiger partial charge < -0.3 is 5.11 Å². The fraction of sp³-hybridized carbons (Fsp3) is 0.167. The molecule has 2 rings (SSSR count). The number of rotatable bonds is 3. The second-order valence-electron chi connectivity index (χ2n) is 3.35. The van der Waals surface area contributed by atoms with E-state index in [4.69, 9.17) is 5.11 Å². The molecule has 0 unspecified atom stereocenters. The van der Waals surface area contributed by atoms with Crippen molar-refractivity contribution < 1.29 is 9.90 Å². The lowest BCUT2D eigenvalue weighted by molar-refractivity contribution is 0.111. The molecule has 3 nitrogen and oxygen atoms in total. The van der Waals surface area contributed by atoms with E-state index in [-0.39, 0.29) is 6.61 Å². The summed E-state index contributed by atoms with van der Waals surface area (Å²) < 4.78 is 0. The van der Waals surface area contributed by atoms with Gasteiger partial charge >= 0.3 is 0 Å². The Labute approximate surface area is 87.4 Å². The summed E-state index contributed by atoms with van der Waals surface area (Å²) in [5.74, 6) is 0. The maximum absolute atomic E-state index is 10.6. The van der Waals surface area contributed by atoms with Gasteiger partial charge in [0.1, 0.15) is 5.69 Å². The van der Waals surface area contributed by atoms with Crippen LogP contribution in [-0.4, -0.2) is 23.0 Å². The molecule has 0 spiro atoms. The number of pyridine rings is 1. The summed E-state index contributed by atoms with van der Waals surface area (Å²) in [5.41, 5.74) is 2.26. The average Bonchev–Trinajstić information content (AvgIpc) is 2.28. The molecule has 0 bridgehead atoms. The summed E-state index contributed by atoms with van der Waals surface area (Å²) in [6.07, 6.45) is 1.35. The molecule has 15 heavy (non-hydrogen) atoms. The van der Waals surface area contributed by atoms with E-state index >= 15 is 0 Å². The number of benzene rings is 1. The van der Waals surface area contributed by atoms with Crippen molar-refractivity contribution in [2.75, 3.05) is 6.61 Å². The Balaban J connectivity index is 2.52. The number of aliphatic hydroxyl groups excluding tert-OH is 1. The number of hydrogen-bond acceptors (Lipinski definition) is 3. The molecule has 2 aromatic rings. The molecule has 1 aromatic heterocycles. The van der Waals surface area contributed by atoms with Gasteiger partial charge in [0.25, 0.3) is 0 Å². The van der Waals surface area contributed by atoms with Crippen LogP contribution in [0, 0.1) is 0 Å². The van der Waals surface area contributed by atoms with Crippen molar-refractivity contribution in [2.45, 2.75) is 6.42 Å². The smallest absolute Gasteiger partial charge is 0.168 e. The summed E-state index contributed by atoms with van der Waals surface area (Å²) in [4.78, 5) is 14.7. The Kier molecular flexibility index (Phi) is 2.74. The van der Waals surface area contributed by atoms with Gasteiger partial charge in [-0.25, -0.2) is 4.98 Å². The fourth-order valence-electron chi connectivity index (χ4n) is 1.53. The number of carbonyl (C=O) groups excluding carboxylic acids is 1. The molecule has 0 saturated heterocycles. The molecule has 0 radical (unpaired) electrons. The van der Waals surface area contributed by atoms with Crippen molar-refractivity contribution in [3.63, 3.8) is 0 Å². The highest BCUT2D eigenvalue weighted by molar-refractivity contribution is 5.83. The van der Waals surface area contributed by atoms with Crippen LogP contribution in [0.5, 0.6) is 0 Å². The van der Waals surface area contributed by atoms with Crippen LogP contribution in [0.1, 0.15) is 16.1 Å². The molecule has 1 aromatic carbocycles. The lowest BCUT2D eigenvalue weighted by Gasteiger charge is -2.01. The van der Waals surface area contributed by atoms with Gasteiger partial charge in [-0.3, -0.25) is 4.79 Å². The summed E-state index contributed by atoms with van der Waals surface area (Å²) in [6, 6.07) is 9.37. The Morgan fingerprint density at radius 3 is 2.80 bits per heavy atom. The van der Waals surface area contributed by atoms with Crippen LogP contribution in [0.3, 0.4) is 0 Å². The van der Waals surface area contributed by atoms with E-state index < -0.39 is 0 Å². The Morgan fingerprint density at radius 2 is 2.07 bits per heavy atom. The minimum Gasteiger partial charge on any atom is -0.396 e. The molecule has 1 N–H and O–H groups in total. The van der Waals surface area contributed by atoms with Crippen molar-refractivity contribution in [3.8, 4) is 0 Å². The van der Waals surface area contributed by atoms with Crippen LogP contribution < -0.4 is 0 Å². The number of nitrogens with zero attached hydrogens (tertiary/aromatic N) is 1. The Hall–Kier alpha value is -1.74. The first-order chi connectivity index (χ1) is 7.33. The number of carbonyl (C=O) groups is 1. The Morgan fingerprint density at radius 1 is 1.27 bits per heavy atom. The molecular formula is C12H11NO2. The summed E-state index contributed by atoms with van der Waals surface area (Å²) >= 11 is 0. The van der Waals surface area contributed by atoms with Crippen LogP contribution in [0.2, 0.25) is 0 Å². The molecule has 0 fully saturated rings. The molecular weight excluding hydrogens is 190 g/mol.